The van der Waals surface area contributed by atoms with E-state index in [1.165, 1.54) is 0 Å². The second kappa shape index (κ2) is 5.77. The van der Waals surface area contributed by atoms with Crippen LogP contribution in [0, 0.1) is 0 Å². The lowest BCUT2D eigenvalue weighted by atomic mass is 10.2. The SMILES string of the molecule is O=S1(=O)CC[C@@H](N=Cc2ccc(-c3ccc(Br)cc3)o2)C1. The molecule has 0 bridgehead atoms. The van der Waals surface area contributed by atoms with E-state index in [9.17, 15) is 8.42 Å². The number of sulfone groups is 1. The lowest BCUT2D eigenvalue weighted by molar-refractivity contribution is 0.573. The average Bonchev–Trinajstić information content (AvgIpc) is 3.04. The fourth-order valence-electron chi connectivity index (χ4n) is 2.26. The molecule has 0 aliphatic carbocycles. The monoisotopic (exact) mass is 367 g/mol. The van der Waals surface area contributed by atoms with Crippen LogP contribution in [0.25, 0.3) is 11.3 Å². The lowest BCUT2D eigenvalue weighted by Gasteiger charge is -1.98. The third-order valence-electron chi connectivity index (χ3n) is 3.38. The molecular formula is C15H14BrNO3S. The van der Waals surface area contributed by atoms with Crippen LogP contribution in [-0.4, -0.2) is 32.2 Å². The van der Waals surface area contributed by atoms with Gasteiger partial charge in [0.25, 0.3) is 0 Å². The van der Waals surface area contributed by atoms with Gasteiger partial charge in [-0.15, -0.1) is 0 Å². The van der Waals surface area contributed by atoms with E-state index in [0.717, 1.165) is 15.8 Å². The molecule has 0 unspecified atom stereocenters. The van der Waals surface area contributed by atoms with Crippen molar-refractivity contribution < 1.29 is 12.8 Å². The molecule has 3 rings (SSSR count). The summed E-state index contributed by atoms with van der Waals surface area (Å²) in [6.45, 7) is 0. The van der Waals surface area contributed by atoms with E-state index in [2.05, 4.69) is 20.9 Å². The van der Waals surface area contributed by atoms with Crippen LogP contribution < -0.4 is 0 Å². The molecule has 0 spiro atoms. The van der Waals surface area contributed by atoms with Crippen LogP contribution in [0.3, 0.4) is 0 Å². The maximum atomic E-state index is 11.4. The number of aliphatic imine (C=N–C) groups is 1. The number of benzene rings is 1. The fraction of sp³-hybridized carbons (Fsp3) is 0.267. The number of hydrogen-bond acceptors (Lipinski definition) is 4. The van der Waals surface area contributed by atoms with Crippen molar-refractivity contribution in [3.05, 3.63) is 46.6 Å². The van der Waals surface area contributed by atoms with Crippen LogP contribution in [0.1, 0.15) is 12.2 Å². The van der Waals surface area contributed by atoms with Crippen molar-refractivity contribution >= 4 is 32.0 Å². The van der Waals surface area contributed by atoms with Crippen LogP contribution in [0.4, 0.5) is 0 Å². The third-order valence-corrected chi connectivity index (χ3v) is 5.66. The first-order chi connectivity index (χ1) is 10.0. The Balaban J connectivity index is 1.72. The lowest BCUT2D eigenvalue weighted by Crippen LogP contribution is -2.07. The molecule has 0 saturated carbocycles. The standard InChI is InChI=1S/C15H14BrNO3S/c16-12-3-1-11(2-4-12)15-6-5-14(20-15)9-17-13-7-8-21(18,19)10-13/h1-6,9,13H,7-8,10H2/t13-/m1/s1. The number of nitrogens with zero attached hydrogens (tertiary/aromatic N) is 1. The molecule has 6 heteroatoms. The summed E-state index contributed by atoms with van der Waals surface area (Å²) in [6, 6.07) is 11.4. The molecule has 0 N–H and O–H groups in total. The van der Waals surface area contributed by atoms with Crippen molar-refractivity contribution in [1.29, 1.82) is 0 Å². The molecule has 110 valence electrons. The van der Waals surface area contributed by atoms with E-state index in [0.29, 0.717) is 12.2 Å². The van der Waals surface area contributed by atoms with E-state index in [4.69, 9.17) is 4.42 Å². The Labute approximate surface area is 131 Å². The quantitative estimate of drug-likeness (QED) is 0.781. The first-order valence-corrected chi connectivity index (χ1v) is 9.23. The van der Waals surface area contributed by atoms with Crippen LogP contribution in [0.2, 0.25) is 0 Å². The van der Waals surface area contributed by atoms with Gasteiger partial charge < -0.3 is 4.42 Å². The Morgan fingerprint density at radius 1 is 1.19 bits per heavy atom. The highest BCUT2D eigenvalue weighted by atomic mass is 79.9. The van der Waals surface area contributed by atoms with Crippen LogP contribution >= 0.6 is 15.9 Å². The van der Waals surface area contributed by atoms with Gasteiger partial charge in [-0.05, 0) is 30.7 Å². The van der Waals surface area contributed by atoms with Gasteiger partial charge >= 0.3 is 0 Å². The Bertz CT molecular complexity index is 762. The highest BCUT2D eigenvalue weighted by molar-refractivity contribution is 9.10. The van der Waals surface area contributed by atoms with Gasteiger partial charge in [0.15, 0.2) is 9.84 Å². The number of halogens is 1. The van der Waals surface area contributed by atoms with Gasteiger partial charge in [0.05, 0.1) is 23.8 Å². The van der Waals surface area contributed by atoms with Gasteiger partial charge in [0.2, 0.25) is 0 Å². The van der Waals surface area contributed by atoms with Crippen LogP contribution in [-0.2, 0) is 9.84 Å². The molecule has 1 aliphatic rings. The predicted molar refractivity (Wildman–Crippen MR) is 86.5 cm³/mol. The highest BCUT2D eigenvalue weighted by Gasteiger charge is 2.26. The Hall–Kier alpha value is -1.40. The number of hydrogen-bond donors (Lipinski definition) is 0. The normalized spacial score (nSPS) is 21.1. The summed E-state index contributed by atoms with van der Waals surface area (Å²) in [5.41, 5.74) is 0.987. The van der Waals surface area contributed by atoms with Crippen LogP contribution in [0.15, 0.2) is 50.3 Å². The summed E-state index contributed by atoms with van der Waals surface area (Å²) < 4.78 is 29.5. The van der Waals surface area contributed by atoms with Crippen molar-refractivity contribution in [2.75, 3.05) is 11.5 Å². The van der Waals surface area contributed by atoms with Crippen LogP contribution in [0.5, 0.6) is 0 Å². The molecule has 1 atom stereocenters. The summed E-state index contributed by atoms with van der Waals surface area (Å²) in [6.07, 6.45) is 2.22. The predicted octanol–water partition coefficient (Wildman–Crippen LogP) is 3.32. The van der Waals surface area contributed by atoms with E-state index < -0.39 is 9.84 Å². The Kier molecular flexibility index (Phi) is 3.99. The molecule has 1 aromatic heterocycles. The average molecular weight is 368 g/mol. The molecule has 1 aliphatic heterocycles. The second-order valence-electron chi connectivity index (χ2n) is 5.04. The molecule has 2 heterocycles. The number of furan rings is 1. The van der Waals surface area contributed by atoms with Gasteiger partial charge in [-0.1, -0.05) is 28.1 Å². The minimum absolute atomic E-state index is 0.142. The van der Waals surface area contributed by atoms with Gasteiger partial charge in [-0.2, -0.15) is 0 Å². The molecule has 21 heavy (non-hydrogen) atoms. The maximum absolute atomic E-state index is 11.4. The molecule has 1 aromatic carbocycles. The van der Waals surface area contributed by atoms with E-state index in [1.54, 1.807) is 6.21 Å². The van der Waals surface area contributed by atoms with Gasteiger partial charge in [-0.3, -0.25) is 4.99 Å². The smallest absolute Gasteiger partial charge is 0.152 e. The summed E-state index contributed by atoms with van der Waals surface area (Å²) >= 11 is 3.39. The zero-order chi connectivity index (χ0) is 14.9. The maximum Gasteiger partial charge on any atom is 0.152 e. The van der Waals surface area contributed by atoms with Crippen molar-refractivity contribution in [3.63, 3.8) is 0 Å². The number of rotatable bonds is 3. The molecule has 4 nitrogen and oxygen atoms in total. The molecule has 1 fully saturated rings. The topological polar surface area (TPSA) is 59.6 Å². The summed E-state index contributed by atoms with van der Waals surface area (Å²) in [7, 11) is -2.89. The van der Waals surface area contributed by atoms with Crippen molar-refractivity contribution in [2.24, 2.45) is 4.99 Å². The van der Waals surface area contributed by atoms with Crippen molar-refractivity contribution in [1.82, 2.24) is 0 Å². The molecule has 0 radical (unpaired) electrons. The summed E-state index contributed by atoms with van der Waals surface area (Å²) in [5.74, 6) is 1.78. The fourth-order valence-corrected chi connectivity index (χ4v) is 4.16. The summed E-state index contributed by atoms with van der Waals surface area (Å²) in [5, 5.41) is 0. The highest BCUT2D eigenvalue weighted by Crippen LogP contribution is 2.23. The van der Waals surface area contributed by atoms with Gasteiger partial charge in [-0.25, -0.2) is 8.42 Å². The zero-order valence-corrected chi connectivity index (χ0v) is 13.6. The molecule has 2 aromatic rings. The van der Waals surface area contributed by atoms with E-state index >= 15 is 0 Å². The Morgan fingerprint density at radius 2 is 1.95 bits per heavy atom. The molecular weight excluding hydrogens is 354 g/mol. The van der Waals surface area contributed by atoms with Gasteiger partial charge in [0.1, 0.15) is 11.5 Å². The van der Waals surface area contributed by atoms with E-state index in [1.807, 2.05) is 36.4 Å². The first kappa shape index (κ1) is 14.5. The Morgan fingerprint density at radius 3 is 2.62 bits per heavy atom. The van der Waals surface area contributed by atoms with Gasteiger partial charge in [0, 0.05) is 10.0 Å². The largest absolute Gasteiger partial charge is 0.455 e. The molecule has 1 saturated heterocycles. The third kappa shape index (κ3) is 3.63. The first-order valence-electron chi connectivity index (χ1n) is 6.61. The van der Waals surface area contributed by atoms with Crippen molar-refractivity contribution in [2.45, 2.75) is 12.5 Å². The second-order valence-corrected chi connectivity index (χ2v) is 8.19. The minimum atomic E-state index is -2.89. The zero-order valence-electron chi connectivity index (χ0n) is 11.2. The van der Waals surface area contributed by atoms with Crippen molar-refractivity contribution in [3.8, 4) is 11.3 Å². The van der Waals surface area contributed by atoms with E-state index in [-0.39, 0.29) is 17.5 Å². The molecule has 0 amide bonds. The summed E-state index contributed by atoms with van der Waals surface area (Å²) in [4.78, 5) is 4.30. The minimum Gasteiger partial charge on any atom is -0.455 e.